The lowest BCUT2D eigenvalue weighted by Gasteiger charge is -2.12. The second-order valence-corrected chi connectivity index (χ2v) is 4.62. The molecule has 1 heterocycles. The highest BCUT2D eigenvalue weighted by molar-refractivity contribution is 6.30. The van der Waals surface area contributed by atoms with Crippen LogP contribution in [-0.2, 0) is 16.0 Å². The summed E-state index contributed by atoms with van der Waals surface area (Å²) in [5, 5.41) is 0.684. The van der Waals surface area contributed by atoms with Crippen LogP contribution < -0.4 is 5.73 Å². The molecule has 2 N–H and O–H groups in total. The molecule has 2 aromatic rings. The number of esters is 1. The minimum absolute atomic E-state index is 0.413. The Balaban J connectivity index is 2.22. The molecular weight excluding hydrogens is 264 g/mol. The van der Waals surface area contributed by atoms with E-state index in [9.17, 15) is 4.79 Å². The van der Waals surface area contributed by atoms with Crippen LogP contribution in [0.4, 0.5) is 0 Å². The summed E-state index contributed by atoms with van der Waals surface area (Å²) >= 11 is 5.87. The largest absolute Gasteiger partial charge is 0.468 e. The van der Waals surface area contributed by atoms with Crippen molar-refractivity contribution in [3.05, 3.63) is 53.3 Å². The van der Waals surface area contributed by atoms with Gasteiger partial charge in [0.1, 0.15) is 6.04 Å². The first-order valence-corrected chi connectivity index (χ1v) is 6.25. The van der Waals surface area contributed by atoms with E-state index >= 15 is 0 Å². The second-order valence-electron chi connectivity index (χ2n) is 4.18. The molecule has 100 valence electrons. The average Bonchev–Trinajstić information content (AvgIpc) is 2.86. The number of hydrogen-bond acceptors (Lipinski definition) is 3. The Kier molecular flexibility index (Phi) is 4.24. The van der Waals surface area contributed by atoms with Crippen LogP contribution in [0.15, 0.2) is 42.6 Å². The van der Waals surface area contributed by atoms with E-state index in [4.69, 9.17) is 17.3 Å². The Labute approximate surface area is 116 Å². The summed E-state index contributed by atoms with van der Waals surface area (Å²) in [5.41, 5.74) is 7.70. The molecular formula is C14H15ClN2O2. The van der Waals surface area contributed by atoms with Crippen LogP contribution in [0.3, 0.4) is 0 Å². The highest BCUT2D eigenvalue weighted by atomic mass is 35.5. The molecule has 0 aliphatic carbocycles. The van der Waals surface area contributed by atoms with E-state index in [1.807, 2.05) is 47.2 Å². The van der Waals surface area contributed by atoms with E-state index in [0.717, 1.165) is 11.4 Å². The number of carbonyl (C=O) groups excluding carboxylic acids is 1. The molecule has 1 atom stereocenters. The first kappa shape index (κ1) is 13.6. The molecule has 0 saturated heterocycles. The van der Waals surface area contributed by atoms with Gasteiger partial charge in [0, 0.05) is 29.0 Å². The maximum Gasteiger partial charge on any atom is 0.323 e. The molecule has 4 nitrogen and oxygen atoms in total. The number of hydrogen-bond donors (Lipinski definition) is 1. The van der Waals surface area contributed by atoms with E-state index in [1.165, 1.54) is 7.11 Å². The topological polar surface area (TPSA) is 57.2 Å². The predicted octanol–water partition coefficient (Wildman–Crippen LogP) is 2.17. The van der Waals surface area contributed by atoms with Gasteiger partial charge in [0.25, 0.3) is 0 Å². The zero-order valence-electron chi connectivity index (χ0n) is 10.5. The van der Waals surface area contributed by atoms with Gasteiger partial charge in [0.2, 0.25) is 0 Å². The summed E-state index contributed by atoms with van der Waals surface area (Å²) in [6.45, 7) is 0. The molecule has 0 aliphatic rings. The second kappa shape index (κ2) is 5.91. The van der Waals surface area contributed by atoms with Gasteiger partial charge in [-0.1, -0.05) is 11.6 Å². The van der Waals surface area contributed by atoms with Crippen LogP contribution in [0.25, 0.3) is 5.69 Å². The standard InChI is InChI=1S/C14H15ClN2O2/c1-19-14(18)13(16)9-12-3-2-8-17(12)11-6-4-10(15)5-7-11/h2-8,13H,9,16H2,1H3. The van der Waals surface area contributed by atoms with Crippen molar-refractivity contribution in [2.45, 2.75) is 12.5 Å². The van der Waals surface area contributed by atoms with E-state index in [-0.39, 0.29) is 0 Å². The summed E-state index contributed by atoms with van der Waals surface area (Å²) < 4.78 is 6.60. The number of rotatable bonds is 4. The number of aromatic nitrogens is 1. The van der Waals surface area contributed by atoms with Gasteiger partial charge >= 0.3 is 5.97 Å². The summed E-state index contributed by atoms with van der Waals surface area (Å²) in [7, 11) is 1.33. The molecule has 1 aromatic heterocycles. The van der Waals surface area contributed by atoms with Crippen molar-refractivity contribution in [1.29, 1.82) is 0 Å². The number of halogens is 1. The van der Waals surface area contributed by atoms with E-state index < -0.39 is 12.0 Å². The third-order valence-electron chi connectivity index (χ3n) is 2.87. The maximum absolute atomic E-state index is 11.4. The third-order valence-corrected chi connectivity index (χ3v) is 3.12. The number of benzene rings is 1. The van der Waals surface area contributed by atoms with Gasteiger partial charge in [-0.25, -0.2) is 0 Å². The van der Waals surface area contributed by atoms with Crippen LogP contribution >= 0.6 is 11.6 Å². The van der Waals surface area contributed by atoms with Gasteiger partial charge in [-0.2, -0.15) is 0 Å². The molecule has 0 fully saturated rings. The summed E-state index contributed by atoms with van der Waals surface area (Å²) in [4.78, 5) is 11.4. The van der Waals surface area contributed by atoms with Crippen molar-refractivity contribution in [1.82, 2.24) is 4.57 Å². The number of nitrogens with two attached hydrogens (primary N) is 1. The van der Waals surface area contributed by atoms with E-state index in [1.54, 1.807) is 0 Å². The van der Waals surface area contributed by atoms with Crippen molar-refractivity contribution in [3.63, 3.8) is 0 Å². The fourth-order valence-electron chi connectivity index (χ4n) is 1.90. The van der Waals surface area contributed by atoms with Gasteiger partial charge in [-0.3, -0.25) is 4.79 Å². The Morgan fingerprint density at radius 3 is 2.68 bits per heavy atom. The summed E-state index contributed by atoms with van der Waals surface area (Å²) in [6, 6.07) is 10.6. The SMILES string of the molecule is COC(=O)C(N)Cc1cccn1-c1ccc(Cl)cc1. The zero-order chi connectivity index (χ0) is 13.8. The first-order chi connectivity index (χ1) is 9.11. The van der Waals surface area contributed by atoms with Crippen LogP contribution in [-0.4, -0.2) is 23.7 Å². The molecule has 1 unspecified atom stereocenters. The number of ether oxygens (including phenoxy) is 1. The Bertz CT molecular complexity index is 563. The molecule has 0 spiro atoms. The quantitative estimate of drug-likeness (QED) is 0.872. The van der Waals surface area contributed by atoms with Crippen molar-refractivity contribution >= 4 is 17.6 Å². The Morgan fingerprint density at radius 2 is 2.05 bits per heavy atom. The molecule has 19 heavy (non-hydrogen) atoms. The van der Waals surface area contributed by atoms with Crippen LogP contribution in [0, 0.1) is 0 Å². The minimum atomic E-state index is -0.661. The monoisotopic (exact) mass is 278 g/mol. The van der Waals surface area contributed by atoms with Crippen LogP contribution in [0.5, 0.6) is 0 Å². The molecule has 5 heteroatoms. The minimum Gasteiger partial charge on any atom is -0.468 e. The van der Waals surface area contributed by atoms with Crippen molar-refractivity contribution in [3.8, 4) is 5.69 Å². The lowest BCUT2D eigenvalue weighted by Crippen LogP contribution is -2.34. The highest BCUT2D eigenvalue weighted by Gasteiger charge is 2.16. The molecule has 1 aromatic carbocycles. The maximum atomic E-state index is 11.4. The summed E-state index contributed by atoms with van der Waals surface area (Å²) in [5.74, 6) is -0.413. The normalized spacial score (nSPS) is 12.2. The van der Waals surface area contributed by atoms with Gasteiger partial charge in [0.15, 0.2) is 0 Å². The van der Waals surface area contributed by atoms with Gasteiger partial charge in [0.05, 0.1) is 7.11 Å². The van der Waals surface area contributed by atoms with E-state index in [0.29, 0.717) is 11.4 Å². The zero-order valence-corrected chi connectivity index (χ0v) is 11.3. The Hall–Kier alpha value is -1.78. The molecule has 0 aliphatic heterocycles. The number of methoxy groups -OCH3 is 1. The van der Waals surface area contributed by atoms with Crippen LogP contribution in [0.1, 0.15) is 5.69 Å². The lowest BCUT2D eigenvalue weighted by atomic mass is 10.1. The average molecular weight is 279 g/mol. The number of nitrogens with zero attached hydrogens (tertiary/aromatic N) is 1. The van der Waals surface area contributed by atoms with Gasteiger partial charge < -0.3 is 15.0 Å². The molecule has 2 rings (SSSR count). The molecule has 0 saturated carbocycles. The van der Waals surface area contributed by atoms with Crippen molar-refractivity contribution in [2.24, 2.45) is 5.73 Å². The Morgan fingerprint density at radius 1 is 1.37 bits per heavy atom. The lowest BCUT2D eigenvalue weighted by molar-refractivity contribution is -0.142. The van der Waals surface area contributed by atoms with Crippen molar-refractivity contribution in [2.75, 3.05) is 7.11 Å². The fraction of sp³-hybridized carbons (Fsp3) is 0.214. The third kappa shape index (κ3) is 3.16. The molecule has 0 amide bonds. The molecule has 0 bridgehead atoms. The summed E-state index contributed by atoms with van der Waals surface area (Å²) in [6.07, 6.45) is 2.34. The first-order valence-electron chi connectivity index (χ1n) is 5.87. The van der Waals surface area contributed by atoms with Crippen LogP contribution in [0.2, 0.25) is 5.02 Å². The van der Waals surface area contributed by atoms with E-state index in [2.05, 4.69) is 4.74 Å². The highest BCUT2D eigenvalue weighted by Crippen LogP contribution is 2.17. The molecule has 0 radical (unpaired) electrons. The van der Waals surface area contributed by atoms with Gasteiger partial charge in [-0.15, -0.1) is 0 Å². The van der Waals surface area contributed by atoms with Crippen molar-refractivity contribution < 1.29 is 9.53 Å². The predicted molar refractivity (Wildman–Crippen MR) is 74.5 cm³/mol. The fourth-order valence-corrected chi connectivity index (χ4v) is 2.02. The number of carbonyl (C=O) groups is 1. The van der Waals surface area contributed by atoms with Gasteiger partial charge in [-0.05, 0) is 36.4 Å². The smallest absolute Gasteiger partial charge is 0.323 e.